The molecule has 0 heterocycles. The number of hydrogen-bond acceptors (Lipinski definition) is 6. The van der Waals surface area contributed by atoms with Gasteiger partial charge < -0.3 is 31.9 Å². The van der Waals surface area contributed by atoms with Gasteiger partial charge in [-0.15, -0.1) is 0 Å². The molecule has 9 heteroatoms. The molecular formula is C27H32N4O5. The van der Waals surface area contributed by atoms with Gasteiger partial charge in [0.25, 0.3) is 5.91 Å². The highest BCUT2D eigenvalue weighted by Crippen LogP contribution is 2.26. The first-order valence-corrected chi connectivity index (χ1v) is 11.8. The van der Waals surface area contributed by atoms with Gasteiger partial charge in [-0.1, -0.05) is 36.4 Å². The van der Waals surface area contributed by atoms with Crippen molar-refractivity contribution < 1.29 is 24.2 Å². The van der Waals surface area contributed by atoms with E-state index in [-0.39, 0.29) is 11.7 Å². The number of benzene rings is 3. The molecule has 2 atom stereocenters. The van der Waals surface area contributed by atoms with E-state index in [1.165, 1.54) is 6.92 Å². The summed E-state index contributed by atoms with van der Waals surface area (Å²) in [6, 6.07) is 16.2. The van der Waals surface area contributed by atoms with E-state index in [0.29, 0.717) is 43.7 Å². The molecule has 0 saturated carbocycles. The van der Waals surface area contributed by atoms with Crippen LogP contribution in [-0.4, -0.2) is 48.1 Å². The number of phenolic OH excluding ortho intramolecular Hbond substituents is 1. The van der Waals surface area contributed by atoms with Crippen molar-refractivity contribution in [2.45, 2.75) is 38.3 Å². The fourth-order valence-electron chi connectivity index (χ4n) is 3.59. The van der Waals surface area contributed by atoms with Crippen LogP contribution in [0.2, 0.25) is 0 Å². The summed E-state index contributed by atoms with van der Waals surface area (Å²) in [5.74, 6) is -0.757. The third-order valence-electron chi connectivity index (χ3n) is 5.72. The van der Waals surface area contributed by atoms with Crippen LogP contribution < -0.4 is 26.8 Å². The van der Waals surface area contributed by atoms with E-state index in [9.17, 15) is 19.5 Å². The van der Waals surface area contributed by atoms with Gasteiger partial charge in [0.2, 0.25) is 11.8 Å². The zero-order valence-corrected chi connectivity index (χ0v) is 20.2. The molecule has 0 spiro atoms. The van der Waals surface area contributed by atoms with E-state index in [0.717, 1.165) is 16.3 Å². The van der Waals surface area contributed by atoms with Crippen molar-refractivity contribution in [2.75, 3.05) is 13.2 Å². The van der Waals surface area contributed by atoms with Crippen molar-refractivity contribution in [3.05, 3.63) is 71.8 Å². The summed E-state index contributed by atoms with van der Waals surface area (Å²) >= 11 is 0. The lowest BCUT2D eigenvalue weighted by Crippen LogP contribution is -2.42. The Hall–Kier alpha value is -4.11. The second-order valence-corrected chi connectivity index (χ2v) is 8.62. The number of nitrogens with one attached hydrogen (secondary N) is 2. The summed E-state index contributed by atoms with van der Waals surface area (Å²) in [6.07, 6.45) is 1.67. The van der Waals surface area contributed by atoms with E-state index in [1.807, 2.05) is 24.3 Å². The fraction of sp³-hybridized carbons (Fsp3) is 0.296. The summed E-state index contributed by atoms with van der Waals surface area (Å²) in [5.41, 5.74) is 12.4. The molecular weight excluding hydrogens is 460 g/mol. The largest absolute Gasteiger partial charge is 0.508 e. The van der Waals surface area contributed by atoms with Gasteiger partial charge in [0.1, 0.15) is 17.5 Å². The molecule has 3 rings (SSSR count). The van der Waals surface area contributed by atoms with Gasteiger partial charge in [-0.3, -0.25) is 14.4 Å². The minimum Gasteiger partial charge on any atom is -0.508 e. The maximum Gasteiger partial charge on any atom is 0.255 e. The number of phenols is 1. The lowest BCUT2D eigenvalue weighted by molar-refractivity contribution is -0.122. The summed E-state index contributed by atoms with van der Waals surface area (Å²) < 4.78 is 5.92. The number of aromatic hydroxyl groups is 1. The fourth-order valence-corrected chi connectivity index (χ4v) is 3.59. The molecule has 0 aliphatic heterocycles. The first kappa shape index (κ1) is 26.5. The number of hydrogen-bond donors (Lipinski definition) is 5. The lowest BCUT2D eigenvalue weighted by atomic mass is 10.0. The van der Waals surface area contributed by atoms with E-state index >= 15 is 0 Å². The number of unbranched alkanes of at least 4 members (excludes halogenated alkanes) is 1. The molecule has 7 N–H and O–H groups in total. The van der Waals surface area contributed by atoms with E-state index in [4.69, 9.17) is 16.2 Å². The van der Waals surface area contributed by atoms with Crippen LogP contribution in [-0.2, 0) is 16.0 Å². The van der Waals surface area contributed by atoms with Crippen LogP contribution in [0, 0.1) is 0 Å². The number of carbonyl (C=O) groups excluding carboxylic acids is 3. The van der Waals surface area contributed by atoms with Crippen molar-refractivity contribution >= 4 is 28.5 Å². The number of carbonyl (C=O) groups is 3. The predicted octanol–water partition coefficient (Wildman–Crippen LogP) is 1.99. The first-order chi connectivity index (χ1) is 17.2. The monoisotopic (exact) mass is 492 g/mol. The Labute approximate surface area is 209 Å². The number of rotatable bonds is 12. The summed E-state index contributed by atoms with van der Waals surface area (Å²) in [4.78, 5) is 36.4. The SMILES string of the molecule is CC(NC(=O)c1cc2ccccc2cc1OCCCCNC(=O)C(N)Cc1ccc(O)cc1)C(N)=O. The zero-order valence-electron chi connectivity index (χ0n) is 20.2. The molecule has 0 aromatic heterocycles. The smallest absolute Gasteiger partial charge is 0.255 e. The minimum atomic E-state index is -0.819. The summed E-state index contributed by atoms with van der Waals surface area (Å²) in [5, 5.41) is 16.5. The third-order valence-corrected chi connectivity index (χ3v) is 5.72. The maximum atomic E-state index is 12.8. The Bertz CT molecular complexity index is 1210. The highest BCUT2D eigenvalue weighted by Gasteiger charge is 2.19. The van der Waals surface area contributed by atoms with Crippen LogP contribution in [0.1, 0.15) is 35.7 Å². The standard InChI is InChI=1S/C27H32N4O5/c1-17(25(29)33)31-26(34)22-15-19-6-2-3-7-20(19)16-24(22)36-13-5-4-12-30-27(35)23(28)14-18-8-10-21(32)11-9-18/h2-3,6-11,15-17,23,32H,4-5,12-14,28H2,1H3,(H2,29,33)(H,30,35)(H,31,34). The molecule has 3 aromatic carbocycles. The third kappa shape index (κ3) is 7.44. The van der Waals surface area contributed by atoms with Gasteiger partial charge in [-0.2, -0.15) is 0 Å². The van der Waals surface area contributed by atoms with Gasteiger partial charge in [0.15, 0.2) is 0 Å². The molecule has 0 bridgehead atoms. The topological polar surface area (TPSA) is 157 Å². The second kappa shape index (κ2) is 12.6. The van der Waals surface area contributed by atoms with E-state index in [1.54, 1.807) is 36.4 Å². The predicted molar refractivity (Wildman–Crippen MR) is 138 cm³/mol. The van der Waals surface area contributed by atoms with Crippen molar-refractivity contribution in [3.8, 4) is 11.5 Å². The Morgan fingerprint density at radius 1 is 1.00 bits per heavy atom. The molecule has 0 aliphatic rings. The average molecular weight is 493 g/mol. The van der Waals surface area contributed by atoms with Gasteiger partial charge in [0.05, 0.1) is 18.2 Å². The van der Waals surface area contributed by atoms with Crippen molar-refractivity contribution in [1.29, 1.82) is 0 Å². The average Bonchev–Trinajstić information content (AvgIpc) is 2.86. The Balaban J connectivity index is 1.50. The lowest BCUT2D eigenvalue weighted by Gasteiger charge is -2.15. The number of amides is 3. The maximum absolute atomic E-state index is 12.8. The van der Waals surface area contributed by atoms with Crippen molar-refractivity contribution in [1.82, 2.24) is 10.6 Å². The highest BCUT2D eigenvalue weighted by molar-refractivity contribution is 6.03. The van der Waals surface area contributed by atoms with Crippen LogP contribution in [0.5, 0.6) is 11.5 Å². The molecule has 3 amide bonds. The molecule has 0 saturated heterocycles. The summed E-state index contributed by atoms with van der Waals surface area (Å²) in [7, 11) is 0. The molecule has 2 unspecified atom stereocenters. The van der Waals surface area contributed by atoms with Crippen LogP contribution >= 0.6 is 0 Å². The zero-order chi connectivity index (χ0) is 26.1. The molecule has 3 aromatic rings. The van der Waals surface area contributed by atoms with Gasteiger partial charge in [0, 0.05) is 6.54 Å². The second-order valence-electron chi connectivity index (χ2n) is 8.62. The quantitative estimate of drug-likeness (QED) is 0.243. The van der Waals surface area contributed by atoms with Crippen LogP contribution in [0.25, 0.3) is 10.8 Å². The number of fused-ring (bicyclic) bond motifs is 1. The summed E-state index contributed by atoms with van der Waals surface area (Å²) in [6.45, 7) is 2.29. The van der Waals surface area contributed by atoms with Crippen LogP contribution in [0.15, 0.2) is 60.7 Å². The number of primary amides is 1. The van der Waals surface area contributed by atoms with E-state index < -0.39 is 23.9 Å². The van der Waals surface area contributed by atoms with Crippen LogP contribution in [0.4, 0.5) is 0 Å². The van der Waals surface area contributed by atoms with Gasteiger partial charge in [-0.25, -0.2) is 0 Å². The van der Waals surface area contributed by atoms with Crippen molar-refractivity contribution in [3.63, 3.8) is 0 Å². The molecule has 0 radical (unpaired) electrons. The Morgan fingerprint density at radius 2 is 1.67 bits per heavy atom. The molecule has 9 nitrogen and oxygen atoms in total. The molecule has 190 valence electrons. The number of nitrogens with two attached hydrogens (primary N) is 2. The minimum absolute atomic E-state index is 0.163. The number of ether oxygens (including phenoxy) is 1. The van der Waals surface area contributed by atoms with E-state index in [2.05, 4.69) is 10.6 Å². The molecule has 36 heavy (non-hydrogen) atoms. The molecule has 0 aliphatic carbocycles. The normalized spacial score (nSPS) is 12.5. The first-order valence-electron chi connectivity index (χ1n) is 11.8. The Kier molecular flexibility index (Phi) is 9.24. The van der Waals surface area contributed by atoms with Crippen LogP contribution in [0.3, 0.4) is 0 Å². The molecule has 0 fully saturated rings. The van der Waals surface area contributed by atoms with Crippen molar-refractivity contribution in [2.24, 2.45) is 11.5 Å². The van der Waals surface area contributed by atoms with Gasteiger partial charge >= 0.3 is 0 Å². The Morgan fingerprint density at radius 3 is 2.33 bits per heavy atom. The van der Waals surface area contributed by atoms with Gasteiger partial charge in [-0.05, 0) is 66.8 Å². The highest BCUT2D eigenvalue weighted by atomic mass is 16.5.